The van der Waals surface area contributed by atoms with Gasteiger partial charge in [-0.15, -0.1) is 0 Å². The molecule has 2 N–H and O–H groups in total. The number of hydrogen-bond donors (Lipinski definition) is 2. The van der Waals surface area contributed by atoms with E-state index in [9.17, 15) is 0 Å². The van der Waals surface area contributed by atoms with Crippen LogP contribution in [0.15, 0.2) is 91.6 Å². The summed E-state index contributed by atoms with van der Waals surface area (Å²) in [6.45, 7) is 22.9. The molecule has 0 saturated heterocycles. The first-order valence-electron chi connectivity index (χ1n) is 10.7. The van der Waals surface area contributed by atoms with Crippen LogP contribution in [0.2, 0.25) is 0 Å². The van der Waals surface area contributed by atoms with E-state index in [1.165, 1.54) is 11.1 Å². The van der Waals surface area contributed by atoms with Crippen molar-refractivity contribution in [2.45, 2.75) is 47.5 Å². The summed E-state index contributed by atoms with van der Waals surface area (Å²) >= 11 is 0. The lowest BCUT2D eigenvalue weighted by Crippen LogP contribution is -2.12. The average molecular weight is 404 g/mol. The zero-order valence-electron chi connectivity index (χ0n) is 19.3. The van der Waals surface area contributed by atoms with Crippen LogP contribution in [-0.4, -0.2) is 4.98 Å². The number of nitrogens with zero attached hydrogens (tertiary/aromatic N) is 1. The Morgan fingerprint density at radius 3 is 2.27 bits per heavy atom. The van der Waals surface area contributed by atoms with E-state index >= 15 is 0 Å². The van der Waals surface area contributed by atoms with Crippen molar-refractivity contribution in [3.63, 3.8) is 0 Å². The molecule has 2 rings (SSSR count). The van der Waals surface area contributed by atoms with Crippen LogP contribution in [-0.2, 0) is 6.42 Å². The van der Waals surface area contributed by atoms with E-state index in [1.807, 2.05) is 38.1 Å². The molecule has 1 aromatic heterocycles. The van der Waals surface area contributed by atoms with Gasteiger partial charge in [0, 0.05) is 47.2 Å². The molecular formula is C27H37N3. The van der Waals surface area contributed by atoms with Crippen LogP contribution in [0, 0.1) is 5.92 Å². The zero-order valence-corrected chi connectivity index (χ0v) is 19.3. The number of rotatable bonds is 10. The number of hydrogen-bond acceptors (Lipinski definition) is 3. The fourth-order valence-corrected chi connectivity index (χ4v) is 2.95. The predicted molar refractivity (Wildman–Crippen MR) is 133 cm³/mol. The summed E-state index contributed by atoms with van der Waals surface area (Å²) in [5.74, 6) is 0.526. The fraction of sp³-hybridized carbons (Fsp3) is 0.296. The van der Waals surface area contributed by atoms with Gasteiger partial charge in [-0.25, -0.2) is 0 Å². The molecule has 3 nitrogen and oxygen atoms in total. The second-order valence-electron chi connectivity index (χ2n) is 7.20. The molecule has 0 fully saturated rings. The van der Waals surface area contributed by atoms with Gasteiger partial charge in [0.2, 0.25) is 0 Å². The van der Waals surface area contributed by atoms with Crippen LogP contribution in [0.1, 0.15) is 52.2 Å². The molecule has 1 heterocycles. The van der Waals surface area contributed by atoms with Gasteiger partial charge in [0.1, 0.15) is 0 Å². The lowest BCUT2D eigenvalue weighted by molar-refractivity contribution is 0.728. The minimum absolute atomic E-state index is 0.526. The van der Waals surface area contributed by atoms with Gasteiger partial charge in [0.15, 0.2) is 0 Å². The summed E-state index contributed by atoms with van der Waals surface area (Å²) in [5, 5.41) is 6.63. The summed E-state index contributed by atoms with van der Waals surface area (Å²) in [6.07, 6.45) is 7.46. The summed E-state index contributed by atoms with van der Waals surface area (Å²) in [7, 11) is 0. The molecule has 0 spiro atoms. The Labute approximate surface area is 183 Å². The summed E-state index contributed by atoms with van der Waals surface area (Å²) in [5.41, 5.74) is 7.19. The summed E-state index contributed by atoms with van der Waals surface area (Å²) < 4.78 is 0. The van der Waals surface area contributed by atoms with Gasteiger partial charge in [0.25, 0.3) is 0 Å². The average Bonchev–Trinajstić information content (AvgIpc) is 2.75. The Kier molecular flexibility index (Phi) is 11.0. The first kappa shape index (κ1) is 25.0. The third-order valence-corrected chi connectivity index (χ3v) is 4.52. The van der Waals surface area contributed by atoms with E-state index in [0.29, 0.717) is 5.92 Å². The first-order valence-corrected chi connectivity index (χ1v) is 10.7. The SMILES string of the molecule is C=C(/C=C(\CC)C(C)C)NC(=C)Cc1ccc(NC(=C)c2cccnc2)cc1.CC. The summed E-state index contributed by atoms with van der Waals surface area (Å²) in [6, 6.07) is 12.2. The number of benzene rings is 1. The molecule has 0 unspecified atom stereocenters. The molecule has 0 aliphatic carbocycles. The van der Waals surface area contributed by atoms with E-state index in [0.717, 1.165) is 41.2 Å². The second-order valence-corrected chi connectivity index (χ2v) is 7.20. The Morgan fingerprint density at radius 1 is 1.07 bits per heavy atom. The Bertz CT molecular complexity index is 843. The molecule has 0 aliphatic rings. The highest BCUT2D eigenvalue weighted by molar-refractivity contribution is 5.74. The Balaban J connectivity index is 0.00000218. The second kappa shape index (κ2) is 13.2. The smallest absolute Gasteiger partial charge is 0.0400 e. The van der Waals surface area contributed by atoms with E-state index in [4.69, 9.17) is 0 Å². The molecule has 3 heteroatoms. The van der Waals surface area contributed by atoms with Crippen molar-refractivity contribution in [1.82, 2.24) is 10.3 Å². The van der Waals surface area contributed by atoms with Crippen LogP contribution in [0.4, 0.5) is 5.69 Å². The van der Waals surface area contributed by atoms with Crippen molar-refractivity contribution >= 4 is 11.4 Å². The highest BCUT2D eigenvalue weighted by Gasteiger charge is 2.04. The van der Waals surface area contributed by atoms with Crippen molar-refractivity contribution in [1.29, 1.82) is 0 Å². The monoisotopic (exact) mass is 403 g/mol. The molecule has 2 aromatic rings. The van der Waals surface area contributed by atoms with Crippen molar-refractivity contribution < 1.29 is 0 Å². The van der Waals surface area contributed by atoms with Crippen LogP contribution in [0.3, 0.4) is 0 Å². The maximum Gasteiger partial charge on any atom is 0.0400 e. The summed E-state index contributed by atoms with van der Waals surface area (Å²) in [4.78, 5) is 4.12. The number of pyridine rings is 1. The molecule has 160 valence electrons. The number of anilines is 1. The minimum Gasteiger partial charge on any atom is -0.360 e. The standard InChI is InChI=1S/C25H31N3.C2H6/c1-7-23(18(2)3)16-20(5)27-19(4)15-22-10-12-25(13-11-22)28-21(6)24-9-8-14-26-17-24;1-2/h8-14,16-18,27-28H,4-7,15H2,1-3H3;1-2H3/b23-16+;. The Hall–Kier alpha value is -3.07. The normalized spacial score (nSPS) is 10.7. The van der Waals surface area contributed by atoms with E-state index in [2.05, 4.69) is 74.3 Å². The molecule has 0 saturated carbocycles. The van der Waals surface area contributed by atoms with E-state index in [-0.39, 0.29) is 0 Å². The minimum atomic E-state index is 0.526. The van der Waals surface area contributed by atoms with Gasteiger partial charge in [0.05, 0.1) is 0 Å². The molecule has 30 heavy (non-hydrogen) atoms. The maximum atomic E-state index is 4.14. The van der Waals surface area contributed by atoms with Gasteiger partial charge in [-0.2, -0.15) is 0 Å². The first-order chi connectivity index (χ1) is 14.4. The number of allylic oxidation sites excluding steroid dienone is 3. The molecule has 0 amide bonds. The largest absolute Gasteiger partial charge is 0.360 e. The van der Waals surface area contributed by atoms with Gasteiger partial charge in [-0.3, -0.25) is 4.98 Å². The number of nitrogens with one attached hydrogen (secondary N) is 2. The molecular weight excluding hydrogens is 366 g/mol. The molecule has 0 aliphatic heterocycles. The van der Waals surface area contributed by atoms with E-state index < -0.39 is 0 Å². The highest BCUT2D eigenvalue weighted by atomic mass is 14.9. The molecule has 0 bridgehead atoms. The molecule has 0 radical (unpaired) electrons. The zero-order chi connectivity index (χ0) is 22.5. The van der Waals surface area contributed by atoms with Crippen LogP contribution >= 0.6 is 0 Å². The van der Waals surface area contributed by atoms with Crippen LogP contribution in [0.5, 0.6) is 0 Å². The van der Waals surface area contributed by atoms with Crippen LogP contribution in [0.25, 0.3) is 5.70 Å². The van der Waals surface area contributed by atoms with Crippen molar-refractivity contribution in [3.8, 4) is 0 Å². The lowest BCUT2D eigenvalue weighted by Gasteiger charge is -2.14. The number of aromatic nitrogens is 1. The third-order valence-electron chi connectivity index (χ3n) is 4.52. The highest BCUT2D eigenvalue weighted by Crippen LogP contribution is 2.18. The van der Waals surface area contributed by atoms with Crippen molar-refractivity contribution in [2.75, 3.05) is 5.32 Å². The van der Waals surface area contributed by atoms with Gasteiger partial charge in [-0.05, 0) is 48.2 Å². The third kappa shape index (κ3) is 8.52. The van der Waals surface area contributed by atoms with Gasteiger partial charge >= 0.3 is 0 Å². The Morgan fingerprint density at radius 2 is 1.73 bits per heavy atom. The predicted octanol–water partition coefficient (Wildman–Crippen LogP) is 7.34. The maximum absolute atomic E-state index is 4.14. The van der Waals surface area contributed by atoms with Crippen LogP contribution < -0.4 is 10.6 Å². The topological polar surface area (TPSA) is 37.0 Å². The van der Waals surface area contributed by atoms with Gasteiger partial charge < -0.3 is 10.6 Å². The fourth-order valence-electron chi connectivity index (χ4n) is 2.95. The lowest BCUT2D eigenvalue weighted by atomic mass is 10.00. The quantitative estimate of drug-likeness (QED) is 0.407. The molecule has 0 atom stereocenters. The molecule has 1 aromatic carbocycles. The van der Waals surface area contributed by atoms with Crippen molar-refractivity contribution in [2.24, 2.45) is 5.92 Å². The van der Waals surface area contributed by atoms with E-state index in [1.54, 1.807) is 12.4 Å². The van der Waals surface area contributed by atoms with Gasteiger partial charge in [-0.1, -0.05) is 72.1 Å². The van der Waals surface area contributed by atoms with Crippen molar-refractivity contribution in [3.05, 3.63) is 103 Å².